The van der Waals surface area contributed by atoms with E-state index >= 15 is 0 Å². The van der Waals surface area contributed by atoms with Crippen molar-refractivity contribution >= 4 is 20.3 Å². The third-order valence-electron chi connectivity index (χ3n) is 10.7. The molecule has 0 unspecified atom stereocenters. The molecule has 180 valence electrons. The van der Waals surface area contributed by atoms with Gasteiger partial charge in [0.05, 0.1) is 25.0 Å². The van der Waals surface area contributed by atoms with Gasteiger partial charge in [-0.25, -0.2) is 0 Å². The van der Waals surface area contributed by atoms with Crippen LogP contribution < -0.4 is 0 Å². The molecule has 1 saturated heterocycles. The van der Waals surface area contributed by atoms with Crippen LogP contribution in [-0.4, -0.2) is 39.1 Å². The molecule has 1 heterocycles. The molecular weight excluding hydrogens is 420 g/mol. The molecule has 5 nitrogen and oxygen atoms in total. The van der Waals surface area contributed by atoms with Crippen molar-refractivity contribution < 1.29 is 23.5 Å². The maximum absolute atomic E-state index is 13.2. The van der Waals surface area contributed by atoms with Gasteiger partial charge in [0.1, 0.15) is 5.60 Å². The van der Waals surface area contributed by atoms with Crippen LogP contribution in [0.3, 0.4) is 0 Å². The number of methoxy groups -OCH3 is 1. The summed E-state index contributed by atoms with van der Waals surface area (Å²) in [5.41, 5.74) is 0.412. The molecule has 0 amide bonds. The Hall–Kier alpha value is -0.883. The van der Waals surface area contributed by atoms with E-state index in [2.05, 4.69) is 55.4 Å². The maximum atomic E-state index is 13.2. The first-order valence-corrected chi connectivity index (χ1v) is 14.9. The van der Waals surface area contributed by atoms with Gasteiger partial charge in [0.25, 0.3) is 0 Å². The summed E-state index contributed by atoms with van der Waals surface area (Å²) in [6, 6.07) is 0. The fourth-order valence-electron chi connectivity index (χ4n) is 10.2. The van der Waals surface area contributed by atoms with E-state index in [1.54, 1.807) is 0 Å². The second-order valence-electron chi connectivity index (χ2n) is 13.2. The molecule has 0 aromatic heterocycles. The Morgan fingerprint density at radius 2 is 1.69 bits per heavy atom. The van der Waals surface area contributed by atoms with Crippen molar-refractivity contribution in [3.8, 4) is 0 Å². The number of esters is 2. The van der Waals surface area contributed by atoms with E-state index in [0.29, 0.717) is 34.9 Å². The van der Waals surface area contributed by atoms with Crippen LogP contribution in [0, 0.1) is 40.4 Å². The summed E-state index contributed by atoms with van der Waals surface area (Å²) in [5.74, 6) is 0.702. The molecule has 0 aromatic carbocycles. The summed E-state index contributed by atoms with van der Waals surface area (Å²) >= 11 is 0. The number of carbonyl (C=O) groups is 2. The molecule has 0 N–H and O–H groups in total. The van der Waals surface area contributed by atoms with Crippen LogP contribution in [0.15, 0.2) is 0 Å². The largest absolute Gasteiger partial charge is 0.469 e. The lowest BCUT2D eigenvalue weighted by Crippen LogP contribution is -2.62. The number of ether oxygens (including phenoxy) is 2. The molecule has 6 heteroatoms. The molecule has 4 saturated carbocycles. The SMILES string of the molecule is COC(=O)[C@H]1C[C@@]23OC(=O)[C@H]4[C@H]5C[C@@H]1[C@]2(CC(C)(C)[C@H]3O[Si](C(C)C)(C(C)C)C(C)C)[C@H]54. The lowest BCUT2D eigenvalue weighted by molar-refractivity contribution is -0.204. The van der Waals surface area contributed by atoms with Gasteiger partial charge in [0.15, 0.2) is 0 Å². The van der Waals surface area contributed by atoms with E-state index in [1.807, 2.05) is 0 Å². The van der Waals surface area contributed by atoms with Crippen molar-refractivity contribution in [2.45, 2.75) is 103 Å². The Labute approximate surface area is 194 Å². The second kappa shape index (κ2) is 6.62. The molecule has 32 heavy (non-hydrogen) atoms. The smallest absolute Gasteiger partial charge is 0.310 e. The van der Waals surface area contributed by atoms with Crippen LogP contribution in [0.2, 0.25) is 16.6 Å². The molecule has 0 aromatic rings. The number of hydrogen-bond acceptors (Lipinski definition) is 5. The van der Waals surface area contributed by atoms with E-state index in [4.69, 9.17) is 13.9 Å². The van der Waals surface area contributed by atoms with Crippen molar-refractivity contribution in [2.24, 2.45) is 40.4 Å². The molecule has 1 aliphatic heterocycles. The zero-order valence-corrected chi connectivity index (χ0v) is 22.4. The van der Waals surface area contributed by atoms with Gasteiger partial charge >= 0.3 is 11.9 Å². The van der Waals surface area contributed by atoms with Gasteiger partial charge in [0, 0.05) is 11.8 Å². The van der Waals surface area contributed by atoms with Crippen LogP contribution in [-0.2, 0) is 23.5 Å². The summed E-state index contributed by atoms with van der Waals surface area (Å²) < 4.78 is 19.4. The number of carbonyl (C=O) groups excluding carboxylic acids is 2. The summed E-state index contributed by atoms with van der Waals surface area (Å²) in [6.45, 7) is 18.5. The molecule has 8 atom stereocenters. The minimum atomic E-state index is -2.23. The first-order chi connectivity index (χ1) is 14.8. The van der Waals surface area contributed by atoms with Crippen LogP contribution in [0.1, 0.15) is 74.7 Å². The van der Waals surface area contributed by atoms with Crippen molar-refractivity contribution in [1.29, 1.82) is 0 Å². The van der Waals surface area contributed by atoms with Crippen LogP contribution >= 0.6 is 0 Å². The highest BCUT2D eigenvalue weighted by Crippen LogP contribution is 2.86. The van der Waals surface area contributed by atoms with Crippen molar-refractivity contribution in [2.75, 3.05) is 7.11 Å². The highest BCUT2D eigenvalue weighted by atomic mass is 28.4. The third-order valence-corrected chi connectivity index (χ3v) is 16.8. The Balaban J connectivity index is 1.66. The second-order valence-corrected chi connectivity index (χ2v) is 18.6. The molecule has 0 bridgehead atoms. The van der Waals surface area contributed by atoms with E-state index in [-0.39, 0.29) is 46.6 Å². The predicted octanol–water partition coefficient (Wildman–Crippen LogP) is 5.33. The van der Waals surface area contributed by atoms with Crippen LogP contribution in [0.5, 0.6) is 0 Å². The Morgan fingerprint density at radius 1 is 1.09 bits per heavy atom. The lowest BCUT2D eigenvalue weighted by atomic mass is 9.66. The monoisotopic (exact) mass is 462 g/mol. The maximum Gasteiger partial charge on any atom is 0.310 e. The number of fused-ring (bicyclic) bond motifs is 1. The van der Waals surface area contributed by atoms with Gasteiger partial charge in [-0.1, -0.05) is 55.4 Å². The fourth-order valence-corrected chi connectivity index (χ4v) is 15.9. The van der Waals surface area contributed by atoms with E-state index in [9.17, 15) is 9.59 Å². The number of rotatable bonds is 6. The lowest BCUT2D eigenvalue weighted by Gasteiger charge is -2.52. The zero-order chi connectivity index (χ0) is 23.6. The molecule has 0 radical (unpaired) electrons. The molecular formula is C26H42O5Si. The van der Waals surface area contributed by atoms with Gasteiger partial charge < -0.3 is 13.9 Å². The summed E-state index contributed by atoms with van der Waals surface area (Å²) in [4.78, 5) is 26.2. The number of hydrogen-bond donors (Lipinski definition) is 0. The Bertz CT molecular complexity index is 827. The van der Waals surface area contributed by atoms with Crippen molar-refractivity contribution in [1.82, 2.24) is 0 Å². The quantitative estimate of drug-likeness (QED) is 0.394. The molecule has 5 rings (SSSR count). The van der Waals surface area contributed by atoms with Gasteiger partial charge in [-0.2, -0.15) is 0 Å². The van der Waals surface area contributed by atoms with Gasteiger partial charge in [-0.15, -0.1) is 0 Å². The minimum Gasteiger partial charge on any atom is -0.469 e. The highest BCUT2D eigenvalue weighted by molar-refractivity contribution is 6.77. The predicted molar refractivity (Wildman–Crippen MR) is 124 cm³/mol. The van der Waals surface area contributed by atoms with Gasteiger partial charge in [-0.05, 0) is 52.6 Å². The van der Waals surface area contributed by atoms with Gasteiger partial charge in [-0.3, -0.25) is 9.59 Å². The summed E-state index contributed by atoms with van der Waals surface area (Å²) in [6.07, 6.45) is 2.34. The summed E-state index contributed by atoms with van der Waals surface area (Å²) in [5, 5.41) is 0. The van der Waals surface area contributed by atoms with E-state index < -0.39 is 13.9 Å². The van der Waals surface area contributed by atoms with E-state index in [1.165, 1.54) is 7.11 Å². The minimum absolute atomic E-state index is 0.0307. The van der Waals surface area contributed by atoms with Crippen molar-refractivity contribution in [3.63, 3.8) is 0 Å². The van der Waals surface area contributed by atoms with Crippen molar-refractivity contribution in [3.05, 3.63) is 0 Å². The average Bonchev–Trinajstić information content (AvgIpc) is 3.14. The molecule has 1 spiro atoms. The Kier molecular flexibility index (Phi) is 4.73. The first-order valence-electron chi connectivity index (χ1n) is 12.8. The topological polar surface area (TPSA) is 61.8 Å². The Morgan fingerprint density at radius 3 is 2.22 bits per heavy atom. The standard InChI is InChI=1S/C26H42O5Si/c1-13(2)32(14(3)4,15(5)6)31-23-24(7,8)12-25-18-10-16-19(20(16)25)22(28)30-26(23,25)11-17(18)21(27)29-9/h13-20,23H,10-12H2,1-9H3/t16-,17+,18+,19+,20-,23-,25-,26+/m1/s1. The van der Waals surface area contributed by atoms with Gasteiger partial charge in [0.2, 0.25) is 8.32 Å². The van der Waals surface area contributed by atoms with Crippen LogP contribution in [0.25, 0.3) is 0 Å². The van der Waals surface area contributed by atoms with E-state index in [0.717, 1.165) is 12.8 Å². The first kappa shape index (κ1) is 22.9. The van der Waals surface area contributed by atoms with Crippen LogP contribution in [0.4, 0.5) is 0 Å². The highest BCUT2D eigenvalue weighted by Gasteiger charge is 2.91. The normalized spacial score (nSPS) is 45.3. The average molecular weight is 463 g/mol. The molecule has 5 fully saturated rings. The third kappa shape index (κ3) is 2.34. The zero-order valence-electron chi connectivity index (χ0n) is 21.4. The molecule has 4 aliphatic carbocycles. The summed E-state index contributed by atoms with van der Waals surface area (Å²) in [7, 11) is -0.738. The fraction of sp³-hybridized carbons (Fsp3) is 0.923. The molecule has 5 aliphatic rings.